The predicted octanol–water partition coefficient (Wildman–Crippen LogP) is 3.19. The van der Waals surface area contributed by atoms with Crippen molar-refractivity contribution in [2.45, 2.75) is 24.4 Å². The summed E-state index contributed by atoms with van der Waals surface area (Å²) in [6.07, 6.45) is 2.24. The molecule has 9 heteroatoms. The van der Waals surface area contributed by atoms with Gasteiger partial charge in [0.1, 0.15) is 5.76 Å². The Bertz CT molecular complexity index is 1170. The van der Waals surface area contributed by atoms with Crippen LogP contribution < -0.4 is 14.8 Å². The highest BCUT2D eigenvalue weighted by Crippen LogP contribution is 2.33. The molecule has 2 heterocycles. The number of furan rings is 1. The number of hydrogen-bond acceptors (Lipinski definition) is 6. The molecule has 3 aromatic rings. The average Bonchev–Trinajstić information content (AvgIpc) is 3.21. The summed E-state index contributed by atoms with van der Waals surface area (Å²) >= 11 is 0. The fraction of sp³-hybridized carbons (Fsp3) is 0.261. The minimum absolute atomic E-state index is 0.0565. The Labute approximate surface area is 186 Å². The first-order valence-corrected chi connectivity index (χ1v) is 11.6. The van der Waals surface area contributed by atoms with E-state index in [-0.39, 0.29) is 23.9 Å². The van der Waals surface area contributed by atoms with Gasteiger partial charge in [0.2, 0.25) is 10.0 Å². The van der Waals surface area contributed by atoms with Gasteiger partial charge in [0, 0.05) is 31.6 Å². The number of nitrogens with one attached hydrogen (secondary N) is 1. The van der Waals surface area contributed by atoms with Gasteiger partial charge in [-0.05, 0) is 42.0 Å². The summed E-state index contributed by atoms with van der Waals surface area (Å²) in [7, 11) is -2.33. The van der Waals surface area contributed by atoms with Crippen LogP contribution in [0.15, 0.2) is 70.2 Å². The number of fused-ring (bicyclic) bond motifs is 1. The highest BCUT2D eigenvalue weighted by atomic mass is 32.2. The third kappa shape index (κ3) is 4.79. The van der Waals surface area contributed by atoms with Gasteiger partial charge >= 0.3 is 0 Å². The van der Waals surface area contributed by atoms with Gasteiger partial charge in [0.15, 0.2) is 11.5 Å². The van der Waals surface area contributed by atoms with E-state index in [9.17, 15) is 13.2 Å². The molecule has 8 nitrogen and oxygen atoms in total. The normalized spacial score (nSPS) is 13.6. The van der Waals surface area contributed by atoms with Crippen molar-refractivity contribution >= 4 is 15.9 Å². The minimum Gasteiger partial charge on any atom is -0.490 e. The van der Waals surface area contributed by atoms with Gasteiger partial charge in [0.05, 0.1) is 30.9 Å². The van der Waals surface area contributed by atoms with Crippen LogP contribution in [0.4, 0.5) is 0 Å². The highest BCUT2D eigenvalue weighted by Gasteiger charge is 2.27. The van der Waals surface area contributed by atoms with E-state index in [0.29, 0.717) is 36.0 Å². The van der Waals surface area contributed by atoms with Crippen molar-refractivity contribution in [1.82, 2.24) is 9.62 Å². The second kappa shape index (κ2) is 9.46. The molecule has 0 spiro atoms. The molecule has 0 atom stereocenters. The van der Waals surface area contributed by atoms with Crippen LogP contribution in [-0.2, 0) is 23.1 Å². The molecular formula is C23H24N2O6S. The predicted molar refractivity (Wildman–Crippen MR) is 117 cm³/mol. The Morgan fingerprint density at radius 2 is 1.75 bits per heavy atom. The lowest BCUT2D eigenvalue weighted by molar-refractivity contribution is 0.0963. The fourth-order valence-corrected chi connectivity index (χ4v) is 4.78. The van der Waals surface area contributed by atoms with E-state index in [1.54, 1.807) is 49.5 Å². The average molecular weight is 457 g/mol. The Balaban J connectivity index is 1.65. The Morgan fingerprint density at radius 3 is 2.44 bits per heavy atom. The number of rotatable bonds is 7. The number of nitrogens with zero attached hydrogens (tertiary/aromatic N) is 1. The van der Waals surface area contributed by atoms with Crippen molar-refractivity contribution in [2.75, 3.05) is 20.3 Å². The summed E-state index contributed by atoms with van der Waals surface area (Å²) in [6, 6.07) is 14.9. The van der Waals surface area contributed by atoms with Crippen LogP contribution in [0.5, 0.6) is 11.5 Å². The first kappa shape index (κ1) is 21.9. The van der Waals surface area contributed by atoms with Crippen LogP contribution in [0, 0.1) is 0 Å². The Morgan fingerprint density at radius 1 is 1.00 bits per heavy atom. The molecule has 32 heavy (non-hydrogen) atoms. The van der Waals surface area contributed by atoms with Gasteiger partial charge in [-0.25, -0.2) is 8.42 Å². The van der Waals surface area contributed by atoms with Gasteiger partial charge in [-0.1, -0.05) is 12.1 Å². The Hall–Kier alpha value is -3.30. The number of benzene rings is 2. The molecule has 0 fully saturated rings. The summed E-state index contributed by atoms with van der Waals surface area (Å²) in [4.78, 5) is 11.9. The van der Waals surface area contributed by atoms with Gasteiger partial charge in [0.25, 0.3) is 5.91 Å². The van der Waals surface area contributed by atoms with Crippen molar-refractivity contribution in [1.29, 1.82) is 0 Å². The number of amides is 1. The topological polar surface area (TPSA) is 98.1 Å². The van der Waals surface area contributed by atoms with E-state index in [1.807, 2.05) is 0 Å². The number of sulfonamides is 1. The zero-order chi connectivity index (χ0) is 22.6. The zero-order valence-corrected chi connectivity index (χ0v) is 18.4. The summed E-state index contributed by atoms with van der Waals surface area (Å²) in [5, 5.41) is 2.57. The smallest absolute Gasteiger partial charge is 0.251 e. The molecule has 168 valence electrons. The second-order valence-corrected chi connectivity index (χ2v) is 9.23. The maximum atomic E-state index is 13.6. The van der Waals surface area contributed by atoms with E-state index >= 15 is 0 Å². The maximum absolute atomic E-state index is 13.6. The third-order valence-corrected chi connectivity index (χ3v) is 6.86. The van der Waals surface area contributed by atoms with Crippen LogP contribution in [0.25, 0.3) is 0 Å². The molecule has 1 amide bonds. The standard InChI is InChI=1S/C23H24N2O6S/c1-24-23(26)18-7-5-17(6-8-18)15-25(16-19-4-2-11-29-19)32(27,28)20-9-10-21-22(14-20)31-13-3-12-30-21/h2,4-11,14H,3,12-13,15-16H2,1H3,(H,24,26). The lowest BCUT2D eigenvalue weighted by Crippen LogP contribution is -2.30. The summed E-state index contributed by atoms with van der Waals surface area (Å²) in [5.41, 5.74) is 1.24. The zero-order valence-electron chi connectivity index (χ0n) is 17.6. The molecule has 0 aliphatic carbocycles. The van der Waals surface area contributed by atoms with Crippen molar-refractivity contribution in [2.24, 2.45) is 0 Å². The molecule has 1 aliphatic heterocycles. The number of ether oxygens (including phenoxy) is 2. The summed E-state index contributed by atoms with van der Waals surface area (Å²) < 4.78 is 45.2. The number of carbonyl (C=O) groups is 1. The SMILES string of the molecule is CNC(=O)c1ccc(CN(Cc2ccco2)S(=O)(=O)c2ccc3c(c2)OCCCO3)cc1. The second-order valence-electron chi connectivity index (χ2n) is 7.29. The van der Waals surface area contributed by atoms with Crippen LogP contribution in [-0.4, -0.2) is 38.9 Å². The maximum Gasteiger partial charge on any atom is 0.251 e. The van der Waals surface area contributed by atoms with Crippen molar-refractivity contribution in [3.63, 3.8) is 0 Å². The van der Waals surface area contributed by atoms with Gasteiger partial charge in [-0.15, -0.1) is 0 Å². The van der Waals surface area contributed by atoms with E-state index in [1.165, 1.54) is 22.7 Å². The monoisotopic (exact) mass is 456 g/mol. The number of hydrogen-bond donors (Lipinski definition) is 1. The molecular weight excluding hydrogens is 432 g/mol. The van der Waals surface area contributed by atoms with Gasteiger partial charge in [-0.3, -0.25) is 4.79 Å². The first-order chi connectivity index (χ1) is 15.5. The van der Waals surface area contributed by atoms with Crippen LogP contribution in [0.3, 0.4) is 0 Å². The Kier molecular flexibility index (Phi) is 6.48. The van der Waals surface area contributed by atoms with Crippen LogP contribution >= 0.6 is 0 Å². The van der Waals surface area contributed by atoms with E-state index in [4.69, 9.17) is 13.9 Å². The fourth-order valence-electron chi connectivity index (χ4n) is 3.36. The van der Waals surface area contributed by atoms with Crippen molar-refractivity contribution in [3.8, 4) is 11.5 Å². The molecule has 0 saturated carbocycles. The van der Waals surface area contributed by atoms with Crippen molar-refractivity contribution in [3.05, 3.63) is 77.7 Å². The molecule has 1 aliphatic rings. The molecule has 4 rings (SSSR count). The van der Waals surface area contributed by atoms with Crippen LogP contribution in [0.1, 0.15) is 28.1 Å². The molecule has 0 unspecified atom stereocenters. The molecule has 0 radical (unpaired) electrons. The molecule has 1 N–H and O–H groups in total. The summed E-state index contributed by atoms with van der Waals surface area (Å²) in [5.74, 6) is 1.26. The molecule has 0 bridgehead atoms. The lowest BCUT2D eigenvalue weighted by atomic mass is 10.1. The quantitative estimate of drug-likeness (QED) is 0.586. The third-order valence-electron chi connectivity index (χ3n) is 5.07. The number of carbonyl (C=O) groups excluding carboxylic acids is 1. The minimum atomic E-state index is -3.89. The lowest BCUT2D eigenvalue weighted by Gasteiger charge is -2.22. The first-order valence-electron chi connectivity index (χ1n) is 10.2. The van der Waals surface area contributed by atoms with Gasteiger partial charge in [-0.2, -0.15) is 4.31 Å². The van der Waals surface area contributed by atoms with Gasteiger partial charge < -0.3 is 19.2 Å². The molecule has 1 aromatic heterocycles. The highest BCUT2D eigenvalue weighted by molar-refractivity contribution is 7.89. The largest absolute Gasteiger partial charge is 0.490 e. The van der Waals surface area contributed by atoms with E-state index < -0.39 is 10.0 Å². The van der Waals surface area contributed by atoms with Crippen LogP contribution in [0.2, 0.25) is 0 Å². The molecule has 0 saturated heterocycles. The van der Waals surface area contributed by atoms with E-state index in [2.05, 4.69) is 5.32 Å². The van der Waals surface area contributed by atoms with Crippen molar-refractivity contribution < 1.29 is 27.1 Å². The molecule has 2 aromatic carbocycles. The summed E-state index contributed by atoms with van der Waals surface area (Å²) in [6.45, 7) is 1.15. The van der Waals surface area contributed by atoms with E-state index in [0.717, 1.165) is 12.0 Å².